The third-order valence-corrected chi connectivity index (χ3v) is 5.14. The third kappa shape index (κ3) is 3.87. The number of imidazole rings is 1. The van der Waals surface area contributed by atoms with E-state index in [0.717, 1.165) is 18.6 Å². The first kappa shape index (κ1) is 18.9. The minimum Gasteiger partial charge on any atom is -0.378 e. The Morgan fingerprint density at radius 1 is 1.04 bits per heavy atom. The van der Waals surface area contributed by atoms with Crippen LogP contribution in [0.3, 0.4) is 0 Å². The van der Waals surface area contributed by atoms with Crippen LogP contribution >= 0.6 is 0 Å². The van der Waals surface area contributed by atoms with Crippen LogP contribution < -0.4 is 4.90 Å². The highest BCUT2D eigenvalue weighted by Gasteiger charge is 2.31. The fourth-order valence-corrected chi connectivity index (χ4v) is 3.60. The molecule has 0 unspecified atom stereocenters. The van der Waals surface area contributed by atoms with Crippen LogP contribution in [0.1, 0.15) is 12.0 Å². The summed E-state index contributed by atoms with van der Waals surface area (Å²) in [6.07, 6.45) is -3.62. The van der Waals surface area contributed by atoms with Gasteiger partial charge in [0.2, 0.25) is 5.95 Å². The van der Waals surface area contributed by atoms with Crippen molar-refractivity contribution in [1.29, 1.82) is 0 Å². The third-order valence-electron chi connectivity index (χ3n) is 5.14. The van der Waals surface area contributed by atoms with Gasteiger partial charge in [-0.3, -0.25) is 0 Å². The molecule has 0 atom stereocenters. The van der Waals surface area contributed by atoms with Gasteiger partial charge in [0.25, 0.3) is 0 Å². The number of amides is 2. The predicted molar refractivity (Wildman–Crippen MR) is 97.3 cm³/mol. The van der Waals surface area contributed by atoms with Crippen molar-refractivity contribution < 1.29 is 22.7 Å². The first-order chi connectivity index (χ1) is 13.4. The normalized spacial score (nSPS) is 19.2. The zero-order chi connectivity index (χ0) is 19.7. The molecule has 1 aromatic carbocycles. The molecule has 28 heavy (non-hydrogen) atoms. The van der Waals surface area contributed by atoms with E-state index in [-0.39, 0.29) is 6.03 Å². The van der Waals surface area contributed by atoms with Gasteiger partial charge in [0.05, 0.1) is 29.8 Å². The summed E-state index contributed by atoms with van der Waals surface area (Å²) < 4.78 is 44.0. The number of H-pyrrole nitrogens is 1. The predicted octanol–water partition coefficient (Wildman–Crippen LogP) is 2.55. The number of halogens is 3. The van der Waals surface area contributed by atoms with Crippen LogP contribution in [-0.2, 0) is 10.9 Å². The molecule has 10 heteroatoms. The van der Waals surface area contributed by atoms with Crippen LogP contribution in [-0.4, -0.2) is 78.3 Å². The number of morpholine rings is 1. The molecule has 0 radical (unpaired) electrons. The van der Waals surface area contributed by atoms with E-state index >= 15 is 0 Å². The quantitative estimate of drug-likeness (QED) is 0.803. The maximum atomic E-state index is 12.9. The largest absolute Gasteiger partial charge is 0.416 e. The van der Waals surface area contributed by atoms with E-state index in [9.17, 15) is 18.0 Å². The zero-order valence-corrected chi connectivity index (χ0v) is 15.3. The molecule has 152 valence electrons. The molecule has 2 saturated heterocycles. The van der Waals surface area contributed by atoms with Crippen molar-refractivity contribution in [2.24, 2.45) is 0 Å². The van der Waals surface area contributed by atoms with Crippen molar-refractivity contribution in [3.8, 4) is 0 Å². The molecule has 2 aromatic rings. The van der Waals surface area contributed by atoms with Crippen LogP contribution in [0.2, 0.25) is 0 Å². The number of aromatic nitrogens is 2. The standard InChI is InChI=1S/C18H22F3N5O2/c19-18(20,21)13-2-3-14-15(12-13)23-16(22-14)24-4-1-5-25(7-6-24)17(27)26-8-10-28-11-9-26/h2-3,12H,1,4-11H2,(H,22,23). The fourth-order valence-electron chi connectivity index (χ4n) is 3.60. The van der Waals surface area contributed by atoms with E-state index < -0.39 is 11.7 Å². The summed E-state index contributed by atoms with van der Waals surface area (Å²) >= 11 is 0. The Labute approximate surface area is 160 Å². The second kappa shape index (κ2) is 7.50. The summed E-state index contributed by atoms with van der Waals surface area (Å²) in [5.74, 6) is 0.537. The van der Waals surface area contributed by atoms with Crippen molar-refractivity contribution in [1.82, 2.24) is 19.8 Å². The minimum atomic E-state index is -4.39. The number of ether oxygens (including phenoxy) is 1. The molecular weight excluding hydrogens is 375 g/mol. The number of nitrogens with zero attached hydrogens (tertiary/aromatic N) is 4. The fraction of sp³-hybridized carbons (Fsp3) is 0.556. The monoisotopic (exact) mass is 397 g/mol. The summed E-state index contributed by atoms with van der Waals surface area (Å²) in [4.78, 5) is 25.7. The Hall–Kier alpha value is -2.49. The Bertz CT molecular complexity index is 847. The number of urea groups is 1. The zero-order valence-electron chi connectivity index (χ0n) is 15.3. The molecule has 2 aliphatic rings. The van der Waals surface area contributed by atoms with Gasteiger partial charge in [-0.2, -0.15) is 13.2 Å². The molecule has 0 saturated carbocycles. The van der Waals surface area contributed by atoms with Gasteiger partial charge in [-0.1, -0.05) is 0 Å². The molecule has 1 aromatic heterocycles. The van der Waals surface area contributed by atoms with Crippen molar-refractivity contribution in [3.05, 3.63) is 23.8 Å². The van der Waals surface area contributed by atoms with Gasteiger partial charge in [-0.25, -0.2) is 9.78 Å². The van der Waals surface area contributed by atoms with Crippen LogP contribution in [0.5, 0.6) is 0 Å². The van der Waals surface area contributed by atoms with Gasteiger partial charge in [-0.15, -0.1) is 0 Å². The van der Waals surface area contributed by atoms with Gasteiger partial charge < -0.3 is 24.4 Å². The first-order valence-corrected chi connectivity index (χ1v) is 9.35. The first-order valence-electron chi connectivity index (χ1n) is 9.35. The number of hydrogen-bond donors (Lipinski definition) is 1. The number of hydrogen-bond acceptors (Lipinski definition) is 4. The molecule has 2 aliphatic heterocycles. The summed E-state index contributed by atoms with van der Waals surface area (Å²) in [7, 11) is 0. The number of rotatable bonds is 1. The topological polar surface area (TPSA) is 64.7 Å². The van der Waals surface area contributed by atoms with E-state index in [0.29, 0.717) is 69.5 Å². The summed E-state index contributed by atoms with van der Waals surface area (Å²) in [5, 5.41) is 0. The lowest BCUT2D eigenvalue weighted by Gasteiger charge is -2.32. The molecule has 4 rings (SSSR count). The molecule has 0 bridgehead atoms. The van der Waals surface area contributed by atoms with Crippen molar-refractivity contribution in [2.45, 2.75) is 12.6 Å². The Morgan fingerprint density at radius 3 is 2.54 bits per heavy atom. The highest BCUT2D eigenvalue weighted by Crippen LogP contribution is 2.31. The number of anilines is 1. The Morgan fingerprint density at radius 2 is 1.79 bits per heavy atom. The number of carbonyl (C=O) groups is 1. The SMILES string of the molecule is O=C(N1CCOCC1)N1CCCN(c2nc3ccc(C(F)(F)F)cc3[nH]2)CC1. The Balaban J connectivity index is 1.46. The smallest absolute Gasteiger partial charge is 0.378 e. The number of carbonyl (C=O) groups excluding carboxylic acids is 1. The van der Waals surface area contributed by atoms with Gasteiger partial charge in [-0.05, 0) is 24.6 Å². The number of aromatic amines is 1. The number of alkyl halides is 3. The van der Waals surface area contributed by atoms with Crippen LogP contribution in [0.25, 0.3) is 11.0 Å². The highest BCUT2D eigenvalue weighted by atomic mass is 19.4. The summed E-state index contributed by atoms with van der Waals surface area (Å²) in [6, 6.07) is 3.52. The molecule has 0 aliphatic carbocycles. The van der Waals surface area contributed by atoms with Gasteiger partial charge >= 0.3 is 12.2 Å². The van der Waals surface area contributed by atoms with E-state index in [1.54, 1.807) is 4.90 Å². The van der Waals surface area contributed by atoms with Gasteiger partial charge in [0.1, 0.15) is 0 Å². The van der Waals surface area contributed by atoms with Crippen molar-refractivity contribution in [2.75, 3.05) is 57.4 Å². The van der Waals surface area contributed by atoms with Gasteiger partial charge in [0, 0.05) is 39.3 Å². The minimum absolute atomic E-state index is 0.0181. The molecule has 3 heterocycles. The molecule has 2 fully saturated rings. The Kier molecular flexibility index (Phi) is 5.05. The molecule has 0 spiro atoms. The van der Waals surface area contributed by atoms with E-state index in [4.69, 9.17) is 4.74 Å². The molecule has 1 N–H and O–H groups in total. The lowest BCUT2D eigenvalue weighted by atomic mass is 10.2. The number of fused-ring (bicyclic) bond motifs is 1. The molecule has 2 amide bonds. The van der Waals surface area contributed by atoms with Crippen LogP contribution in [0, 0.1) is 0 Å². The summed E-state index contributed by atoms with van der Waals surface area (Å²) in [6.45, 7) is 4.76. The van der Waals surface area contributed by atoms with E-state index in [1.165, 1.54) is 6.07 Å². The maximum absolute atomic E-state index is 12.9. The summed E-state index contributed by atoms with van der Waals surface area (Å²) in [5.41, 5.74) is 0.150. The second-order valence-corrected chi connectivity index (χ2v) is 7.00. The second-order valence-electron chi connectivity index (χ2n) is 7.00. The average molecular weight is 397 g/mol. The lowest BCUT2D eigenvalue weighted by molar-refractivity contribution is -0.137. The van der Waals surface area contributed by atoms with Gasteiger partial charge in [0.15, 0.2) is 0 Å². The van der Waals surface area contributed by atoms with E-state index in [2.05, 4.69) is 9.97 Å². The number of benzene rings is 1. The van der Waals surface area contributed by atoms with Crippen LogP contribution in [0.15, 0.2) is 18.2 Å². The lowest BCUT2D eigenvalue weighted by Crippen LogP contribution is -2.49. The van der Waals surface area contributed by atoms with Crippen molar-refractivity contribution in [3.63, 3.8) is 0 Å². The van der Waals surface area contributed by atoms with Crippen LogP contribution in [0.4, 0.5) is 23.9 Å². The van der Waals surface area contributed by atoms with E-state index in [1.807, 2.05) is 9.80 Å². The molecule has 7 nitrogen and oxygen atoms in total. The molecular formula is C18H22F3N5O2. The maximum Gasteiger partial charge on any atom is 0.416 e. The number of nitrogens with one attached hydrogen (secondary N) is 1. The highest BCUT2D eigenvalue weighted by molar-refractivity contribution is 5.78. The van der Waals surface area contributed by atoms with Crippen molar-refractivity contribution >= 4 is 23.0 Å². The average Bonchev–Trinajstić information content (AvgIpc) is 2.96.